The van der Waals surface area contributed by atoms with E-state index in [2.05, 4.69) is 22.7 Å². The number of rotatable bonds is 4. The number of amides is 1. The Kier molecular flexibility index (Phi) is 6.43. The van der Waals surface area contributed by atoms with Gasteiger partial charge >= 0.3 is 6.09 Å². The van der Waals surface area contributed by atoms with Gasteiger partial charge in [0.25, 0.3) is 0 Å². The van der Waals surface area contributed by atoms with Crippen molar-refractivity contribution in [1.82, 2.24) is 15.1 Å². The summed E-state index contributed by atoms with van der Waals surface area (Å²) in [6.07, 6.45) is 7.14. The van der Waals surface area contributed by atoms with Gasteiger partial charge in [-0.2, -0.15) is 10.4 Å². The van der Waals surface area contributed by atoms with E-state index in [1.54, 1.807) is 17.0 Å². The Morgan fingerprint density at radius 3 is 2.74 bits per heavy atom. The number of nitrogens with one attached hydrogen (secondary N) is 1. The van der Waals surface area contributed by atoms with Crippen LogP contribution in [0.1, 0.15) is 43.4 Å². The smallest absolute Gasteiger partial charge is 0.414 e. The summed E-state index contributed by atoms with van der Waals surface area (Å²) in [5.41, 5.74) is 3.98. The van der Waals surface area contributed by atoms with Crippen LogP contribution in [0.3, 0.4) is 0 Å². The topological polar surface area (TPSA) is 92.4 Å². The minimum absolute atomic E-state index is 0.00251. The van der Waals surface area contributed by atoms with Crippen LogP contribution in [0.25, 0.3) is 11.1 Å². The van der Waals surface area contributed by atoms with E-state index in [-0.39, 0.29) is 6.04 Å². The monoisotopic (exact) mass is 471 g/mol. The second-order valence-electron chi connectivity index (χ2n) is 9.07. The van der Waals surface area contributed by atoms with Gasteiger partial charge in [0.05, 0.1) is 30.6 Å². The Morgan fingerprint density at radius 2 is 1.97 bits per heavy atom. The van der Waals surface area contributed by atoms with E-state index in [0.717, 1.165) is 61.2 Å². The largest absolute Gasteiger partial charge is 0.455 e. The van der Waals surface area contributed by atoms with Crippen molar-refractivity contribution >= 4 is 11.8 Å². The molecule has 3 heterocycles. The molecule has 1 fully saturated rings. The SMILES string of the molecule is COC(=O)N1c2ccc(-c3cnn(C4CCNCC4)c3)c(Oc3ccccc3C#N)c2CCC1C. The van der Waals surface area contributed by atoms with E-state index in [1.807, 2.05) is 42.1 Å². The number of hydrogen-bond donors (Lipinski definition) is 1. The van der Waals surface area contributed by atoms with Crippen LogP contribution in [0.5, 0.6) is 11.5 Å². The Labute approximate surface area is 205 Å². The van der Waals surface area contributed by atoms with Crippen molar-refractivity contribution in [1.29, 1.82) is 5.26 Å². The van der Waals surface area contributed by atoms with Gasteiger partial charge in [0, 0.05) is 28.9 Å². The number of nitrogens with zero attached hydrogens (tertiary/aromatic N) is 4. The number of para-hydroxylation sites is 1. The van der Waals surface area contributed by atoms with Gasteiger partial charge in [0.15, 0.2) is 0 Å². The number of anilines is 1. The van der Waals surface area contributed by atoms with Gasteiger partial charge in [-0.3, -0.25) is 9.58 Å². The third-order valence-corrected chi connectivity index (χ3v) is 6.93. The van der Waals surface area contributed by atoms with Crippen LogP contribution >= 0.6 is 0 Å². The number of hydrogen-bond acceptors (Lipinski definition) is 6. The molecule has 0 radical (unpaired) electrons. The molecule has 0 spiro atoms. The van der Waals surface area contributed by atoms with Crippen molar-refractivity contribution in [3.05, 3.63) is 59.9 Å². The first-order chi connectivity index (χ1) is 17.1. The highest BCUT2D eigenvalue weighted by atomic mass is 16.5. The second kappa shape index (κ2) is 9.80. The van der Waals surface area contributed by atoms with Crippen LogP contribution in [0.15, 0.2) is 48.8 Å². The molecule has 1 atom stereocenters. The van der Waals surface area contributed by atoms with Crippen molar-refractivity contribution in [3.8, 4) is 28.7 Å². The van der Waals surface area contributed by atoms with E-state index in [9.17, 15) is 10.1 Å². The number of piperidine rings is 1. The maximum Gasteiger partial charge on any atom is 0.414 e. The normalized spacial score (nSPS) is 18.0. The van der Waals surface area contributed by atoms with Gasteiger partial charge in [-0.25, -0.2) is 4.79 Å². The summed E-state index contributed by atoms with van der Waals surface area (Å²) < 4.78 is 13.6. The predicted octanol–water partition coefficient (Wildman–Crippen LogP) is 5.05. The van der Waals surface area contributed by atoms with Gasteiger partial charge in [-0.1, -0.05) is 12.1 Å². The number of nitriles is 1. The summed E-state index contributed by atoms with van der Waals surface area (Å²) in [7, 11) is 1.40. The zero-order valence-corrected chi connectivity index (χ0v) is 20.0. The van der Waals surface area contributed by atoms with E-state index < -0.39 is 6.09 Å². The highest BCUT2D eigenvalue weighted by Crippen LogP contribution is 2.45. The fourth-order valence-corrected chi connectivity index (χ4v) is 5.03. The zero-order chi connectivity index (χ0) is 24.4. The van der Waals surface area contributed by atoms with Crippen molar-refractivity contribution < 1.29 is 14.3 Å². The molecule has 5 rings (SSSR count). The van der Waals surface area contributed by atoms with Gasteiger partial charge in [-0.15, -0.1) is 0 Å². The summed E-state index contributed by atoms with van der Waals surface area (Å²) in [5.74, 6) is 1.13. The van der Waals surface area contributed by atoms with E-state index >= 15 is 0 Å². The number of carbonyl (C=O) groups excluding carboxylic acids is 1. The molecule has 3 aromatic rings. The molecule has 2 aliphatic heterocycles. The predicted molar refractivity (Wildman–Crippen MR) is 133 cm³/mol. The van der Waals surface area contributed by atoms with E-state index in [1.165, 1.54) is 7.11 Å². The van der Waals surface area contributed by atoms with Crippen molar-refractivity contribution in [2.75, 3.05) is 25.1 Å². The molecule has 1 amide bonds. The van der Waals surface area contributed by atoms with E-state index in [0.29, 0.717) is 23.1 Å². The summed E-state index contributed by atoms with van der Waals surface area (Å²) in [5, 5.41) is 17.7. The number of fused-ring (bicyclic) bond motifs is 1. The maximum atomic E-state index is 12.6. The van der Waals surface area contributed by atoms with Gasteiger partial charge < -0.3 is 14.8 Å². The lowest BCUT2D eigenvalue weighted by molar-refractivity contribution is 0.175. The quantitative estimate of drug-likeness (QED) is 0.573. The molecule has 1 N–H and O–H groups in total. The summed E-state index contributed by atoms with van der Waals surface area (Å²) in [6.45, 7) is 3.99. The first-order valence-electron chi connectivity index (χ1n) is 12.1. The van der Waals surface area contributed by atoms with Gasteiger partial charge in [-0.05, 0) is 70.0 Å². The molecule has 1 unspecified atom stereocenters. The highest BCUT2D eigenvalue weighted by Gasteiger charge is 2.32. The number of carbonyl (C=O) groups is 1. The van der Waals surface area contributed by atoms with Crippen LogP contribution in [0, 0.1) is 11.3 Å². The fraction of sp³-hybridized carbons (Fsp3) is 0.370. The molecule has 8 nitrogen and oxygen atoms in total. The molecule has 0 aliphatic carbocycles. The molecule has 2 aromatic carbocycles. The summed E-state index contributed by atoms with van der Waals surface area (Å²) in [6, 6.07) is 13.7. The standard InChI is InChI=1S/C27H29N5O3/c1-18-7-8-23-24(32(18)27(33)34-2)10-9-22(26(23)35-25-6-4-3-5-19(25)15-28)20-16-30-31(17-20)21-11-13-29-14-12-21/h3-6,9-10,16-18,21,29H,7-8,11-14H2,1-2H3. The Balaban J connectivity index is 1.63. The van der Waals surface area contributed by atoms with Gasteiger partial charge in [0.1, 0.15) is 17.6 Å². The lowest BCUT2D eigenvalue weighted by Crippen LogP contribution is -2.42. The Morgan fingerprint density at radius 1 is 1.17 bits per heavy atom. The summed E-state index contributed by atoms with van der Waals surface area (Å²) >= 11 is 0. The number of ether oxygens (including phenoxy) is 2. The first kappa shape index (κ1) is 22.9. The van der Waals surface area contributed by atoms with Crippen LogP contribution in [-0.2, 0) is 11.2 Å². The van der Waals surface area contributed by atoms with Crippen LogP contribution in [-0.4, -0.2) is 42.1 Å². The van der Waals surface area contributed by atoms with Crippen molar-refractivity contribution in [3.63, 3.8) is 0 Å². The number of benzene rings is 2. The first-order valence-corrected chi connectivity index (χ1v) is 12.1. The maximum absolute atomic E-state index is 12.6. The molecule has 180 valence electrons. The molecule has 35 heavy (non-hydrogen) atoms. The minimum atomic E-state index is -0.395. The van der Waals surface area contributed by atoms with Crippen molar-refractivity contribution in [2.24, 2.45) is 0 Å². The fourth-order valence-electron chi connectivity index (χ4n) is 5.03. The molecular weight excluding hydrogens is 442 g/mol. The average molecular weight is 472 g/mol. The Hall–Kier alpha value is -3.83. The molecule has 1 saturated heterocycles. The Bertz CT molecular complexity index is 1270. The molecule has 0 saturated carbocycles. The molecule has 0 bridgehead atoms. The van der Waals surface area contributed by atoms with Crippen molar-refractivity contribution in [2.45, 2.75) is 44.7 Å². The van der Waals surface area contributed by atoms with Gasteiger partial charge in [0.2, 0.25) is 0 Å². The number of aromatic nitrogens is 2. The molecule has 1 aromatic heterocycles. The van der Waals surface area contributed by atoms with E-state index in [4.69, 9.17) is 9.47 Å². The zero-order valence-electron chi connectivity index (χ0n) is 20.0. The lowest BCUT2D eigenvalue weighted by atomic mass is 9.92. The van der Waals surface area contributed by atoms with Crippen LogP contribution < -0.4 is 15.0 Å². The number of methoxy groups -OCH3 is 1. The van der Waals surface area contributed by atoms with Crippen LogP contribution in [0.2, 0.25) is 0 Å². The molecule has 8 heteroatoms. The molecule has 2 aliphatic rings. The third kappa shape index (κ3) is 4.35. The van der Waals surface area contributed by atoms with Crippen LogP contribution in [0.4, 0.5) is 10.5 Å². The lowest BCUT2D eigenvalue weighted by Gasteiger charge is -2.35. The average Bonchev–Trinajstić information content (AvgIpc) is 3.39. The second-order valence-corrected chi connectivity index (χ2v) is 9.07. The molecular formula is C27H29N5O3. The summed E-state index contributed by atoms with van der Waals surface area (Å²) in [4.78, 5) is 14.3. The third-order valence-electron chi connectivity index (χ3n) is 6.93. The highest BCUT2D eigenvalue weighted by molar-refractivity contribution is 5.92. The minimum Gasteiger partial charge on any atom is -0.455 e.